The Morgan fingerprint density at radius 3 is 2.74 bits per heavy atom. The maximum Gasteiger partial charge on any atom is 0.227 e. The van der Waals surface area contributed by atoms with E-state index in [2.05, 4.69) is 22.5 Å². The highest BCUT2D eigenvalue weighted by atomic mass is 35.5. The lowest BCUT2D eigenvalue weighted by atomic mass is 9.89. The highest BCUT2D eigenvalue weighted by molar-refractivity contribution is 5.85. The summed E-state index contributed by atoms with van der Waals surface area (Å²) in [6, 6.07) is 10.3. The molecule has 1 saturated heterocycles. The number of ether oxygens (including phenoxy) is 1. The predicted octanol–water partition coefficient (Wildman–Crippen LogP) is 1.86. The van der Waals surface area contributed by atoms with Gasteiger partial charge < -0.3 is 15.0 Å². The summed E-state index contributed by atoms with van der Waals surface area (Å²) in [7, 11) is 3.59. The maximum absolute atomic E-state index is 13.3. The van der Waals surface area contributed by atoms with E-state index in [0.717, 1.165) is 18.5 Å². The second-order valence-electron chi connectivity index (χ2n) is 6.87. The first-order chi connectivity index (χ1) is 12.7. The molecule has 1 aliphatic rings. The van der Waals surface area contributed by atoms with Crippen molar-refractivity contribution in [2.24, 2.45) is 13.0 Å². The first kappa shape index (κ1) is 21.4. The summed E-state index contributed by atoms with van der Waals surface area (Å²) < 4.78 is 7.03. The zero-order valence-electron chi connectivity index (χ0n) is 16.0. The van der Waals surface area contributed by atoms with Crippen LogP contribution in [0, 0.1) is 5.92 Å². The number of rotatable bonds is 8. The summed E-state index contributed by atoms with van der Waals surface area (Å²) in [5.41, 5.74) is 2.38. The van der Waals surface area contributed by atoms with E-state index < -0.39 is 0 Å². The van der Waals surface area contributed by atoms with Crippen molar-refractivity contribution in [2.45, 2.75) is 12.3 Å². The van der Waals surface area contributed by atoms with Crippen LogP contribution in [0.15, 0.2) is 42.7 Å². The van der Waals surface area contributed by atoms with Crippen molar-refractivity contribution >= 4 is 18.3 Å². The predicted molar refractivity (Wildman–Crippen MR) is 108 cm³/mol. The van der Waals surface area contributed by atoms with Gasteiger partial charge in [-0.3, -0.25) is 9.48 Å². The van der Waals surface area contributed by atoms with Crippen molar-refractivity contribution in [1.29, 1.82) is 0 Å². The highest BCUT2D eigenvalue weighted by Crippen LogP contribution is 2.29. The summed E-state index contributed by atoms with van der Waals surface area (Å²) >= 11 is 0. The van der Waals surface area contributed by atoms with Crippen molar-refractivity contribution < 1.29 is 9.53 Å². The van der Waals surface area contributed by atoms with Gasteiger partial charge in [0.1, 0.15) is 0 Å². The Hall–Kier alpha value is -1.89. The van der Waals surface area contributed by atoms with Crippen molar-refractivity contribution in [3.63, 3.8) is 0 Å². The first-order valence-electron chi connectivity index (χ1n) is 9.20. The molecule has 2 heterocycles. The summed E-state index contributed by atoms with van der Waals surface area (Å²) in [5.74, 6) is 0.335. The molecule has 148 valence electrons. The van der Waals surface area contributed by atoms with Crippen LogP contribution >= 0.6 is 12.4 Å². The van der Waals surface area contributed by atoms with Crippen molar-refractivity contribution in [3.8, 4) is 0 Å². The van der Waals surface area contributed by atoms with E-state index in [1.165, 1.54) is 5.56 Å². The molecule has 1 fully saturated rings. The minimum atomic E-state index is -0.0492. The van der Waals surface area contributed by atoms with Gasteiger partial charge in [-0.05, 0) is 17.5 Å². The molecule has 3 rings (SSSR count). The molecule has 27 heavy (non-hydrogen) atoms. The Kier molecular flexibility index (Phi) is 8.28. The number of carbonyl (C=O) groups is 1. The van der Waals surface area contributed by atoms with E-state index >= 15 is 0 Å². The number of carbonyl (C=O) groups excluding carboxylic acids is 1. The van der Waals surface area contributed by atoms with E-state index in [0.29, 0.717) is 26.2 Å². The number of aromatic nitrogens is 2. The summed E-state index contributed by atoms with van der Waals surface area (Å²) in [6.07, 6.45) is 4.75. The second-order valence-corrected chi connectivity index (χ2v) is 6.87. The zero-order chi connectivity index (χ0) is 18.4. The van der Waals surface area contributed by atoms with Gasteiger partial charge in [0.05, 0.1) is 18.7 Å². The molecule has 1 amide bonds. The largest absolute Gasteiger partial charge is 0.383 e. The van der Waals surface area contributed by atoms with E-state index in [9.17, 15) is 4.79 Å². The molecule has 0 saturated carbocycles. The number of benzene rings is 1. The van der Waals surface area contributed by atoms with Crippen LogP contribution in [0.5, 0.6) is 0 Å². The Morgan fingerprint density at radius 1 is 1.30 bits per heavy atom. The van der Waals surface area contributed by atoms with Gasteiger partial charge in [0.2, 0.25) is 5.91 Å². The quantitative estimate of drug-likeness (QED) is 0.745. The fourth-order valence-electron chi connectivity index (χ4n) is 3.60. The van der Waals surface area contributed by atoms with Crippen LogP contribution in [-0.4, -0.2) is 60.5 Å². The number of amides is 1. The summed E-state index contributed by atoms with van der Waals surface area (Å²) in [5, 5.41) is 7.65. The van der Waals surface area contributed by atoms with Gasteiger partial charge in [-0.25, -0.2) is 0 Å². The van der Waals surface area contributed by atoms with Gasteiger partial charge in [-0.15, -0.1) is 12.4 Å². The van der Waals surface area contributed by atoms with Gasteiger partial charge in [-0.2, -0.15) is 5.10 Å². The van der Waals surface area contributed by atoms with Crippen LogP contribution < -0.4 is 5.32 Å². The number of halogens is 1. The molecule has 7 heteroatoms. The van der Waals surface area contributed by atoms with Crippen molar-refractivity contribution in [3.05, 3.63) is 53.9 Å². The minimum absolute atomic E-state index is 0. The monoisotopic (exact) mass is 392 g/mol. The van der Waals surface area contributed by atoms with E-state index in [1.54, 1.807) is 11.8 Å². The minimum Gasteiger partial charge on any atom is -0.383 e. The third kappa shape index (κ3) is 5.54. The van der Waals surface area contributed by atoms with Crippen LogP contribution in [-0.2, 0) is 23.0 Å². The maximum atomic E-state index is 13.3. The summed E-state index contributed by atoms with van der Waals surface area (Å²) in [4.78, 5) is 15.2. The first-order valence-corrected chi connectivity index (χ1v) is 9.20. The lowest BCUT2D eigenvalue weighted by Gasteiger charge is -2.27. The standard InChI is InChI=1S/C20H28N4O2.ClH/c1-23-15-17(12-22-23)18-13-21-14-19(18)20(25)24(10-11-26-2)9-8-16-6-4-3-5-7-16;/h3-7,12,15,18-19,21H,8-11,13-14H2,1-2H3;1H/t18-,19+;/m1./s1. The topological polar surface area (TPSA) is 59.4 Å². The van der Waals surface area contributed by atoms with Gasteiger partial charge in [-0.1, -0.05) is 30.3 Å². The normalized spacial score (nSPS) is 18.9. The average molecular weight is 393 g/mol. The molecule has 0 spiro atoms. The lowest BCUT2D eigenvalue weighted by Crippen LogP contribution is -2.41. The van der Waals surface area contributed by atoms with E-state index in [4.69, 9.17) is 4.74 Å². The van der Waals surface area contributed by atoms with Gasteiger partial charge >= 0.3 is 0 Å². The Bertz CT molecular complexity index is 707. The molecular formula is C20H29ClN4O2. The molecule has 2 atom stereocenters. The van der Waals surface area contributed by atoms with Crippen LogP contribution in [0.2, 0.25) is 0 Å². The molecule has 1 aromatic heterocycles. The molecular weight excluding hydrogens is 364 g/mol. The third-order valence-electron chi connectivity index (χ3n) is 5.07. The van der Waals surface area contributed by atoms with Crippen LogP contribution in [0.1, 0.15) is 17.0 Å². The molecule has 0 aliphatic carbocycles. The lowest BCUT2D eigenvalue weighted by molar-refractivity contribution is -0.136. The Balaban J connectivity index is 0.00000261. The number of hydrogen-bond donors (Lipinski definition) is 1. The SMILES string of the molecule is COCCN(CCc1ccccc1)C(=O)[C@H]1CNC[C@@H]1c1cnn(C)c1.Cl. The highest BCUT2D eigenvalue weighted by Gasteiger charge is 2.36. The number of nitrogens with one attached hydrogen (secondary N) is 1. The Morgan fingerprint density at radius 2 is 2.07 bits per heavy atom. The third-order valence-corrected chi connectivity index (χ3v) is 5.07. The van der Waals surface area contributed by atoms with Gasteiger partial charge in [0, 0.05) is 52.5 Å². The number of methoxy groups -OCH3 is 1. The smallest absolute Gasteiger partial charge is 0.227 e. The molecule has 1 aromatic carbocycles. The molecule has 0 unspecified atom stereocenters. The van der Waals surface area contributed by atoms with Crippen LogP contribution in [0.3, 0.4) is 0 Å². The van der Waals surface area contributed by atoms with Gasteiger partial charge in [0.25, 0.3) is 0 Å². The fourth-order valence-corrected chi connectivity index (χ4v) is 3.60. The van der Waals surface area contributed by atoms with Gasteiger partial charge in [0.15, 0.2) is 0 Å². The molecule has 6 nitrogen and oxygen atoms in total. The molecule has 2 aromatic rings. The Labute approximate surface area is 167 Å². The molecule has 0 bridgehead atoms. The van der Waals surface area contributed by atoms with E-state index in [1.807, 2.05) is 42.5 Å². The number of aryl methyl sites for hydroxylation is 1. The number of nitrogens with zero attached hydrogens (tertiary/aromatic N) is 3. The zero-order valence-corrected chi connectivity index (χ0v) is 16.8. The number of hydrogen-bond acceptors (Lipinski definition) is 4. The van der Waals surface area contributed by atoms with E-state index in [-0.39, 0.29) is 30.2 Å². The summed E-state index contributed by atoms with van der Waals surface area (Å²) in [6.45, 7) is 3.42. The molecule has 1 aliphatic heterocycles. The molecule has 1 N–H and O–H groups in total. The fraction of sp³-hybridized carbons (Fsp3) is 0.500. The van der Waals surface area contributed by atoms with Crippen molar-refractivity contribution in [1.82, 2.24) is 20.0 Å². The van der Waals surface area contributed by atoms with Crippen molar-refractivity contribution in [2.75, 3.05) is 39.9 Å². The van der Waals surface area contributed by atoms with Crippen LogP contribution in [0.4, 0.5) is 0 Å². The molecule has 0 radical (unpaired) electrons. The second kappa shape index (κ2) is 10.4. The average Bonchev–Trinajstić information content (AvgIpc) is 3.31. The van der Waals surface area contributed by atoms with Crippen LogP contribution in [0.25, 0.3) is 0 Å².